The second kappa shape index (κ2) is 6.46. The minimum absolute atomic E-state index is 0.0379. The maximum atomic E-state index is 6.20. The molecule has 1 unspecified atom stereocenters. The van der Waals surface area contributed by atoms with Crippen molar-refractivity contribution in [3.63, 3.8) is 0 Å². The molecule has 1 aliphatic carbocycles. The number of rotatable bonds is 6. The van der Waals surface area contributed by atoms with E-state index in [-0.39, 0.29) is 6.10 Å². The fraction of sp³-hybridized carbons (Fsp3) is 0.353. The molecule has 1 aliphatic rings. The largest absolute Gasteiger partial charge is 0.470 e. The molecule has 1 fully saturated rings. The van der Waals surface area contributed by atoms with Gasteiger partial charge in [-0.15, -0.1) is 0 Å². The molecule has 0 radical (unpaired) electrons. The Morgan fingerprint density at radius 2 is 2.00 bits per heavy atom. The highest BCUT2D eigenvalue weighted by atomic mass is 35.5. The van der Waals surface area contributed by atoms with E-state index in [2.05, 4.69) is 22.4 Å². The van der Waals surface area contributed by atoms with Crippen molar-refractivity contribution in [1.82, 2.24) is 10.3 Å². The van der Waals surface area contributed by atoms with Gasteiger partial charge in [0.2, 0.25) is 5.88 Å². The van der Waals surface area contributed by atoms with E-state index in [1.165, 1.54) is 12.8 Å². The zero-order valence-electron chi connectivity index (χ0n) is 12.1. The molecule has 0 spiro atoms. The molecule has 0 aliphatic heterocycles. The van der Waals surface area contributed by atoms with Crippen molar-refractivity contribution < 1.29 is 4.74 Å². The molecule has 1 atom stereocenters. The van der Waals surface area contributed by atoms with Crippen LogP contribution in [-0.2, 0) is 6.54 Å². The number of pyridine rings is 1. The predicted octanol–water partition coefficient (Wildman–Crippen LogP) is 4.13. The minimum atomic E-state index is -0.0379. The van der Waals surface area contributed by atoms with Crippen LogP contribution in [0.5, 0.6) is 5.88 Å². The highest BCUT2D eigenvalue weighted by Gasteiger charge is 2.21. The number of hydrogen-bond acceptors (Lipinski definition) is 3. The van der Waals surface area contributed by atoms with Gasteiger partial charge in [0.25, 0.3) is 0 Å². The van der Waals surface area contributed by atoms with Crippen molar-refractivity contribution in [2.45, 2.75) is 38.5 Å². The lowest BCUT2D eigenvalue weighted by Gasteiger charge is -2.15. The number of ether oxygens (including phenoxy) is 1. The van der Waals surface area contributed by atoms with Crippen molar-refractivity contribution >= 4 is 11.6 Å². The smallest absolute Gasteiger partial charge is 0.214 e. The second-order valence-corrected chi connectivity index (χ2v) is 5.81. The van der Waals surface area contributed by atoms with E-state index in [0.29, 0.717) is 23.5 Å². The van der Waals surface area contributed by atoms with Gasteiger partial charge >= 0.3 is 0 Å². The first-order valence-corrected chi connectivity index (χ1v) is 7.70. The number of aromatic nitrogens is 1. The van der Waals surface area contributed by atoms with Crippen LogP contribution in [-0.4, -0.2) is 11.0 Å². The SMILES string of the molecule is CC(Oc1ccc(Cl)c(CNC2CC2)n1)c1ccccc1. The molecule has 21 heavy (non-hydrogen) atoms. The summed E-state index contributed by atoms with van der Waals surface area (Å²) in [6.07, 6.45) is 2.46. The Hall–Kier alpha value is -1.58. The molecule has 3 nitrogen and oxygen atoms in total. The van der Waals surface area contributed by atoms with Crippen LogP contribution in [0, 0.1) is 0 Å². The molecule has 0 bridgehead atoms. The molecule has 4 heteroatoms. The van der Waals surface area contributed by atoms with Crippen LogP contribution in [0.1, 0.15) is 37.1 Å². The van der Waals surface area contributed by atoms with Crippen molar-refractivity contribution in [3.05, 3.63) is 58.7 Å². The van der Waals surface area contributed by atoms with Crippen LogP contribution in [0.25, 0.3) is 0 Å². The van der Waals surface area contributed by atoms with Crippen molar-refractivity contribution in [2.24, 2.45) is 0 Å². The fourth-order valence-electron chi connectivity index (χ4n) is 2.16. The summed E-state index contributed by atoms with van der Waals surface area (Å²) >= 11 is 6.20. The van der Waals surface area contributed by atoms with Crippen LogP contribution in [0.15, 0.2) is 42.5 Å². The van der Waals surface area contributed by atoms with Gasteiger partial charge in [-0.3, -0.25) is 0 Å². The van der Waals surface area contributed by atoms with E-state index in [9.17, 15) is 0 Å². The predicted molar refractivity (Wildman–Crippen MR) is 84.6 cm³/mol. The maximum absolute atomic E-state index is 6.20. The van der Waals surface area contributed by atoms with E-state index < -0.39 is 0 Å². The Bertz CT molecular complexity index is 599. The lowest BCUT2D eigenvalue weighted by molar-refractivity contribution is 0.217. The maximum Gasteiger partial charge on any atom is 0.214 e. The molecular weight excluding hydrogens is 284 g/mol. The number of nitrogens with one attached hydrogen (secondary N) is 1. The summed E-state index contributed by atoms with van der Waals surface area (Å²) < 4.78 is 5.92. The third-order valence-corrected chi connectivity index (χ3v) is 3.94. The molecule has 3 rings (SSSR count). The lowest BCUT2D eigenvalue weighted by Crippen LogP contribution is -2.17. The molecule has 2 aromatic rings. The molecule has 0 amide bonds. The van der Waals surface area contributed by atoms with Crippen LogP contribution >= 0.6 is 11.6 Å². The third kappa shape index (κ3) is 3.96. The molecule has 1 N–H and O–H groups in total. The van der Waals surface area contributed by atoms with E-state index in [4.69, 9.17) is 16.3 Å². The summed E-state index contributed by atoms with van der Waals surface area (Å²) in [6, 6.07) is 14.4. The van der Waals surface area contributed by atoms with Gasteiger partial charge in [-0.1, -0.05) is 41.9 Å². The zero-order chi connectivity index (χ0) is 14.7. The minimum Gasteiger partial charge on any atom is -0.470 e. The topological polar surface area (TPSA) is 34.1 Å². The van der Waals surface area contributed by atoms with Crippen LogP contribution < -0.4 is 10.1 Å². The quantitative estimate of drug-likeness (QED) is 0.871. The Balaban J connectivity index is 1.68. The average molecular weight is 303 g/mol. The van der Waals surface area contributed by atoms with Gasteiger partial charge in [0.1, 0.15) is 6.10 Å². The van der Waals surface area contributed by atoms with Gasteiger partial charge in [-0.25, -0.2) is 4.98 Å². The number of nitrogens with zero attached hydrogens (tertiary/aromatic N) is 1. The lowest BCUT2D eigenvalue weighted by atomic mass is 10.1. The molecule has 1 heterocycles. The summed E-state index contributed by atoms with van der Waals surface area (Å²) in [6.45, 7) is 2.72. The van der Waals surface area contributed by atoms with Gasteiger partial charge in [0.15, 0.2) is 0 Å². The van der Waals surface area contributed by atoms with Gasteiger partial charge < -0.3 is 10.1 Å². The monoisotopic (exact) mass is 302 g/mol. The summed E-state index contributed by atoms with van der Waals surface area (Å²) in [5.74, 6) is 0.614. The van der Waals surface area contributed by atoms with Crippen molar-refractivity contribution in [1.29, 1.82) is 0 Å². The molecule has 1 saturated carbocycles. The Morgan fingerprint density at radius 1 is 1.24 bits per heavy atom. The first-order chi connectivity index (χ1) is 10.2. The molecular formula is C17H19ClN2O. The molecule has 1 aromatic heterocycles. The van der Waals surface area contributed by atoms with Crippen molar-refractivity contribution in [3.8, 4) is 5.88 Å². The average Bonchev–Trinajstić information content (AvgIpc) is 3.33. The van der Waals surface area contributed by atoms with Crippen LogP contribution in [0.3, 0.4) is 0 Å². The second-order valence-electron chi connectivity index (χ2n) is 5.40. The first kappa shape index (κ1) is 14.4. The number of halogens is 1. The standard InChI is InChI=1S/C17H19ClN2O/c1-12(13-5-3-2-4-6-13)21-17-10-9-15(18)16(20-17)11-19-14-7-8-14/h2-6,9-10,12,14,19H,7-8,11H2,1H3. The number of hydrogen-bond donors (Lipinski definition) is 1. The van der Waals surface area contributed by atoms with Crippen LogP contribution in [0.4, 0.5) is 0 Å². The Labute approximate surface area is 130 Å². The van der Waals surface area contributed by atoms with E-state index in [0.717, 1.165) is 11.3 Å². The van der Waals surface area contributed by atoms with Gasteiger partial charge in [-0.2, -0.15) is 0 Å². The van der Waals surface area contributed by atoms with Gasteiger partial charge in [0.05, 0.1) is 10.7 Å². The summed E-state index contributed by atoms with van der Waals surface area (Å²) in [4.78, 5) is 4.52. The van der Waals surface area contributed by atoms with E-state index >= 15 is 0 Å². The summed E-state index contributed by atoms with van der Waals surface area (Å²) in [7, 11) is 0. The molecule has 0 saturated heterocycles. The van der Waals surface area contributed by atoms with E-state index in [1.807, 2.05) is 37.3 Å². The van der Waals surface area contributed by atoms with Gasteiger partial charge in [-0.05, 0) is 31.4 Å². The van der Waals surface area contributed by atoms with Gasteiger partial charge in [0, 0.05) is 18.7 Å². The van der Waals surface area contributed by atoms with Crippen LogP contribution in [0.2, 0.25) is 5.02 Å². The zero-order valence-corrected chi connectivity index (χ0v) is 12.8. The highest BCUT2D eigenvalue weighted by molar-refractivity contribution is 6.31. The highest BCUT2D eigenvalue weighted by Crippen LogP contribution is 2.24. The normalized spacial score (nSPS) is 15.7. The molecule has 110 valence electrons. The molecule has 1 aromatic carbocycles. The fourth-order valence-corrected chi connectivity index (χ4v) is 2.33. The number of benzene rings is 1. The first-order valence-electron chi connectivity index (χ1n) is 7.33. The third-order valence-electron chi connectivity index (χ3n) is 3.60. The Kier molecular flexibility index (Phi) is 4.42. The van der Waals surface area contributed by atoms with Crippen molar-refractivity contribution in [2.75, 3.05) is 0 Å². The summed E-state index contributed by atoms with van der Waals surface area (Å²) in [5.41, 5.74) is 1.98. The van der Waals surface area contributed by atoms with E-state index in [1.54, 1.807) is 0 Å². The summed E-state index contributed by atoms with van der Waals surface area (Å²) in [5, 5.41) is 4.11. The Morgan fingerprint density at radius 3 is 2.71 bits per heavy atom.